The molecule has 0 aliphatic carbocycles. The molecule has 0 bridgehead atoms. The highest BCUT2D eigenvalue weighted by Gasteiger charge is 2.45. The first kappa shape index (κ1) is 13.6. The molecule has 19 heavy (non-hydrogen) atoms. The van der Waals surface area contributed by atoms with Crippen LogP contribution in [0.4, 0.5) is 0 Å². The number of hydrogen-bond donors (Lipinski definition) is 2. The Hall–Kier alpha value is -1.85. The van der Waals surface area contributed by atoms with Crippen LogP contribution in [0.15, 0.2) is 6.20 Å². The summed E-state index contributed by atoms with van der Waals surface area (Å²) in [5.74, 6) is -0.931. The molecule has 6 heteroatoms. The third-order valence-corrected chi connectivity index (χ3v) is 3.88. The van der Waals surface area contributed by atoms with Crippen molar-refractivity contribution in [2.75, 3.05) is 13.1 Å². The Kier molecular flexibility index (Phi) is 3.59. The molecule has 1 unspecified atom stereocenters. The molecular weight excluding hydrogens is 246 g/mol. The van der Waals surface area contributed by atoms with Gasteiger partial charge in [-0.05, 0) is 19.8 Å². The number of hydrogen-bond acceptors (Lipinski definition) is 3. The lowest BCUT2D eigenvalue weighted by Crippen LogP contribution is -2.37. The monoisotopic (exact) mass is 265 g/mol. The molecule has 2 heterocycles. The maximum Gasteiger partial charge on any atom is 0.311 e. The van der Waals surface area contributed by atoms with Crippen molar-refractivity contribution in [2.24, 2.45) is 5.41 Å². The topological polar surface area (TPSA) is 86.3 Å². The van der Waals surface area contributed by atoms with Gasteiger partial charge in [0, 0.05) is 18.8 Å². The molecule has 0 saturated carbocycles. The van der Waals surface area contributed by atoms with Crippen molar-refractivity contribution in [3.63, 3.8) is 0 Å². The molecule has 6 nitrogen and oxygen atoms in total. The lowest BCUT2D eigenvalue weighted by molar-refractivity contribution is -0.148. The summed E-state index contributed by atoms with van der Waals surface area (Å²) in [5.41, 5.74) is 0.466. The molecule has 0 spiro atoms. The molecule has 1 amide bonds. The number of carboxylic acids is 1. The van der Waals surface area contributed by atoms with Crippen molar-refractivity contribution in [1.82, 2.24) is 15.1 Å². The number of amides is 1. The summed E-state index contributed by atoms with van der Waals surface area (Å²) in [7, 11) is 0. The minimum atomic E-state index is -0.798. The Morgan fingerprint density at radius 3 is 2.84 bits per heavy atom. The lowest BCUT2D eigenvalue weighted by atomic mass is 9.83. The van der Waals surface area contributed by atoms with Crippen LogP contribution in [0, 0.1) is 12.3 Å². The van der Waals surface area contributed by atoms with Crippen molar-refractivity contribution < 1.29 is 14.7 Å². The van der Waals surface area contributed by atoms with Gasteiger partial charge in [0.2, 0.25) is 0 Å². The van der Waals surface area contributed by atoms with Gasteiger partial charge in [-0.1, -0.05) is 13.3 Å². The minimum absolute atomic E-state index is 0.134. The van der Waals surface area contributed by atoms with Gasteiger partial charge in [0.25, 0.3) is 5.91 Å². The van der Waals surface area contributed by atoms with E-state index in [0.29, 0.717) is 37.2 Å². The number of carbonyl (C=O) groups excluding carboxylic acids is 1. The van der Waals surface area contributed by atoms with E-state index in [4.69, 9.17) is 0 Å². The third-order valence-electron chi connectivity index (χ3n) is 3.88. The fraction of sp³-hybridized carbons (Fsp3) is 0.615. The molecular formula is C13H19N3O3. The quantitative estimate of drug-likeness (QED) is 0.862. The number of nitrogens with zero attached hydrogens (tertiary/aromatic N) is 2. The van der Waals surface area contributed by atoms with Crippen molar-refractivity contribution >= 4 is 11.9 Å². The second-order valence-corrected chi connectivity index (χ2v) is 5.22. The van der Waals surface area contributed by atoms with Crippen LogP contribution >= 0.6 is 0 Å². The number of aromatic nitrogens is 2. The average molecular weight is 265 g/mol. The van der Waals surface area contributed by atoms with E-state index in [1.807, 2.05) is 6.92 Å². The molecule has 1 atom stereocenters. The summed E-state index contributed by atoms with van der Waals surface area (Å²) in [6.45, 7) is 4.54. The summed E-state index contributed by atoms with van der Waals surface area (Å²) >= 11 is 0. The second kappa shape index (κ2) is 5.03. The van der Waals surface area contributed by atoms with Crippen LogP contribution in [0.2, 0.25) is 0 Å². The lowest BCUT2D eigenvalue weighted by Gasteiger charge is -2.24. The Bertz CT molecular complexity index is 497. The predicted molar refractivity (Wildman–Crippen MR) is 68.8 cm³/mol. The number of aromatic amines is 1. The van der Waals surface area contributed by atoms with Gasteiger partial charge < -0.3 is 10.0 Å². The van der Waals surface area contributed by atoms with E-state index >= 15 is 0 Å². The predicted octanol–water partition coefficient (Wildman–Crippen LogP) is 1.44. The minimum Gasteiger partial charge on any atom is -0.481 e. The van der Waals surface area contributed by atoms with Crippen molar-refractivity contribution in [3.8, 4) is 0 Å². The maximum absolute atomic E-state index is 12.3. The van der Waals surface area contributed by atoms with Crippen LogP contribution in [0.1, 0.15) is 42.2 Å². The number of H-pyrrole nitrogens is 1. The summed E-state index contributed by atoms with van der Waals surface area (Å²) < 4.78 is 0. The highest BCUT2D eigenvalue weighted by molar-refractivity contribution is 5.95. The van der Waals surface area contributed by atoms with Gasteiger partial charge in [0.15, 0.2) is 0 Å². The SMILES string of the molecule is CCCC1(C(=O)O)CCN(C(=O)c2cn[nH]c2C)C1. The van der Waals surface area contributed by atoms with Gasteiger partial charge in [0.05, 0.1) is 17.2 Å². The number of aryl methyl sites for hydroxylation is 1. The van der Waals surface area contributed by atoms with Crippen molar-refractivity contribution in [1.29, 1.82) is 0 Å². The Morgan fingerprint density at radius 1 is 1.58 bits per heavy atom. The highest BCUT2D eigenvalue weighted by atomic mass is 16.4. The van der Waals surface area contributed by atoms with E-state index in [-0.39, 0.29) is 5.91 Å². The fourth-order valence-corrected chi connectivity index (χ4v) is 2.75. The number of carboxylic acid groups (broad SMARTS) is 1. The van der Waals surface area contributed by atoms with Crippen molar-refractivity contribution in [2.45, 2.75) is 33.1 Å². The Morgan fingerprint density at radius 2 is 2.32 bits per heavy atom. The van der Waals surface area contributed by atoms with Crippen molar-refractivity contribution in [3.05, 3.63) is 17.5 Å². The molecule has 0 aromatic carbocycles. The molecule has 104 valence electrons. The summed E-state index contributed by atoms with van der Waals surface area (Å²) in [4.78, 5) is 25.4. The smallest absolute Gasteiger partial charge is 0.311 e. The van der Waals surface area contributed by atoms with E-state index in [2.05, 4.69) is 10.2 Å². The van der Waals surface area contributed by atoms with Gasteiger partial charge in [0.1, 0.15) is 0 Å². The average Bonchev–Trinajstić information content (AvgIpc) is 2.96. The first-order chi connectivity index (χ1) is 9.00. The van der Waals surface area contributed by atoms with Crippen LogP contribution in [0.3, 0.4) is 0 Å². The molecule has 1 aliphatic heterocycles. The molecule has 1 aromatic heterocycles. The van der Waals surface area contributed by atoms with E-state index < -0.39 is 11.4 Å². The van der Waals surface area contributed by atoms with E-state index in [1.54, 1.807) is 11.8 Å². The molecule has 1 aliphatic rings. The standard InChI is InChI=1S/C13H19N3O3/c1-3-4-13(12(18)19)5-6-16(8-13)11(17)10-7-14-15-9(10)2/h7H,3-6,8H2,1-2H3,(H,14,15)(H,18,19). The first-order valence-electron chi connectivity index (χ1n) is 6.53. The normalized spacial score (nSPS) is 22.7. The Labute approximate surface area is 111 Å². The van der Waals surface area contributed by atoms with Gasteiger partial charge in [-0.3, -0.25) is 14.7 Å². The third kappa shape index (κ3) is 2.34. The molecule has 1 aromatic rings. The number of aliphatic carboxylic acids is 1. The van der Waals surface area contributed by atoms with E-state index in [0.717, 1.165) is 6.42 Å². The van der Waals surface area contributed by atoms with Crippen LogP contribution in [0.25, 0.3) is 0 Å². The molecule has 2 rings (SSSR count). The summed E-state index contributed by atoms with van der Waals surface area (Å²) in [6.07, 6.45) is 3.44. The molecule has 1 saturated heterocycles. The van der Waals surface area contributed by atoms with Gasteiger partial charge in [-0.15, -0.1) is 0 Å². The van der Waals surface area contributed by atoms with E-state index in [9.17, 15) is 14.7 Å². The van der Waals surface area contributed by atoms with Crippen LogP contribution in [-0.4, -0.2) is 45.2 Å². The molecule has 2 N–H and O–H groups in total. The highest BCUT2D eigenvalue weighted by Crippen LogP contribution is 2.36. The number of rotatable bonds is 4. The zero-order valence-electron chi connectivity index (χ0n) is 11.3. The van der Waals surface area contributed by atoms with Gasteiger partial charge in [-0.25, -0.2) is 0 Å². The fourth-order valence-electron chi connectivity index (χ4n) is 2.75. The summed E-state index contributed by atoms with van der Waals surface area (Å²) in [6, 6.07) is 0. The Balaban J connectivity index is 2.15. The first-order valence-corrected chi connectivity index (χ1v) is 6.53. The molecule has 0 radical (unpaired) electrons. The second-order valence-electron chi connectivity index (χ2n) is 5.22. The molecule has 1 fully saturated rings. The van der Waals surface area contributed by atoms with Crippen LogP contribution in [-0.2, 0) is 4.79 Å². The number of likely N-dealkylation sites (tertiary alicyclic amines) is 1. The zero-order valence-corrected chi connectivity index (χ0v) is 11.3. The van der Waals surface area contributed by atoms with E-state index in [1.165, 1.54) is 6.20 Å². The van der Waals surface area contributed by atoms with Crippen LogP contribution in [0.5, 0.6) is 0 Å². The number of nitrogens with one attached hydrogen (secondary N) is 1. The largest absolute Gasteiger partial charge is 0.481 e. The zero-order chi connectivity index (χ0) is 14.0. The van der Waals surface area contributed by atoms with Crippen LogP contribution < -0.4 is 0 Å². The maximum atomic E-state index is 12.3. The van der Waals surface area contributed by atoms with Gasteiger partial charge >= 0.3 is 5.97 Å². The summed E-state index contributed by atoms with van der Waals surface area (Å²) in [5, 5.41) is 16.0. The number of carbonyl (C=O) groups is 2. The van der Waals surface area contributed by atoms with Gasteiger partial charge in [-0.2, -0.15) is 5.10 Å².